The zero-order valence-electron chi connectivity index (χ0n) is 13.9. The quantitative estimate of drug-likeness (QED) is 0.926. The average Bonchev–Trinajstić information content (AvgIpc) is 2.62. The molecule has 1 atom stereocenters. The number of amides is 1. The van der Waals surface area contributed by atoms with E-state index in [1.54, 1.807) is 6.20 Å². The van der Waals surface area contributed by atoms with E-state index in [-0.39, 0.29) is 5.91 Å². The van der Waals surface area contributed by atoms with Gasteiger partial charge in [0.05, 0.1) is 0 Å². The number of hydrogen-bond donors (Lipinski definition) is 1. The van der Waals surface area contributed by atoms with Crippen LogP contribution in [0.25, 0.3) is 0 Å². The largest absolute Gasteiger partial charge is 0.380 e. The third-order valence-corrected chi connectivity index (χ3v) is 5.39. The topological polar surface area (TPSA) is 56.7 Å². The van der Waals surface area contributed by atoms with Gasteiger partial charge in [-0.3, -0.25) is 14.7 Å². The Hall–Kier alpha value is -1.46. The minimum atomic E-state index is -1.10. The molecule has 1 aliphatic carbocycles. The molecular formula is C18H27N3O2. The summed E-state index contributed by atoms with van der Waals surface area (Å²) in [5.41, 5.74) is 0.105. The predicted molar refractivity (Wildman–Crippen MR) is 88.8 cm³/mol. The van der Waals surface area contributed by atoms with Crippen LogP contribution >= 0.6 is 0 Å². The van der Waals surface area contributed by atoms with Gasteiger partial charge < -0.3 is 10.0 Å². The van der Waals surface area contributed by atoms with Gasteiger partial charge in [0.15, 0.2) is 0 Å². The molecule has 1 saturated carbocycles. The van der Waals surface area contributed by atoms with Crippen LogP contribution in [0.5, 0.6) is 0 Å². The lowest BCUT2D eigenvalue weighted by Gasteiger charge is -2.42. The molecule has 1 aromatic heterocycles. The van der Waals surface area contributed by atoms with Crippen molar-refractivity contribution in [1.29, 1.82) is 0 Å². The van der Waals surface area contributed by atoms with Crippen molar-refractivity contribution in [2.75, 3.05) is 26.2 Å². The smallest absolute Gasteiger partial charge is 0.254 e. The van der Waals surface area contributed by atoms with Crippen molar-refractivity contribution in [2.45, 2.75) is 50.7 Å². The second kappa shape index (κ2) is 6.97. The summed E-state index contributed by atoms with van der Waals surface area (Å²) in [5.74, 6) is -0.0501. The number of piperazine rings is 1. The van der Waals surface area contributed by atoms with Gasteiger partial charge in [0.25, 0.3) is 5.91 Å². The standard InChI is InChI=1S/C18H27N3O2/c1-15(16-6-5-9-19-14-16)20-10-12-21(13-11-20)17(22)18(23)7-3-2-4-8-18/h5-6,9,14-15,23H,2-4,7-8,10-13H2,1H3. The summed E-state index contributed by atoms with van der Waals surface area (Å²) in [6.45, 7) is 5.27. The second-order valence-corrected chi connectivity index (χ2v) is 6.88. The lowest BCUT2D eigenvalue weighted by Crippen LogP contribution is -2.56. The van der Waals surface area contributed by atoms with Crippen molar-refractivity contribution in [3.63, 3.8) is 0 Å². The fourth-order valence-electron chi connectivity index (χ4n) is 3.79. The van der Waals surface area contributed by atoms with E-state index in [2.05, 4.69) is 22.9 Å². The summed E-state index contributed by atoms with van der Waals surface area (Å²) in [4.78, 5) is 21.1. The Morgan fingerprint density at radius 3 is 2.52 bits per heavy atom. The Labute approximate surface area is 138 Å². The SMILES string of the molecule is CC(c1cccnc1)N1CCN(C(=O)C2(O)CCCCC2)CC1. The number of hydrogen-bond acceptors (Lipinski definition) is 4. The first-order valence-electron chi connectivity index (χ1n) is 8.76. The van der Waals surface area contributed by atoms with Crippen LogP contribution in [0.2, 0.25) is 0 Å². The maximum atomic E-state index is 12.7. The number of rotatable bonds is 3. The third-order valence-electron chi connectivity index (χ3n) is 5.39. The zero-order chi connectivity index (χ0) is 16.3. The molecule has 2 aliphatic rings. The fourth-order valence-corrected chi connectivity index (χ4v) is 3.79. The molecule has 0 spiro atoms. The van der Waals surface area contributed by atoms with E-state index in [1.807, 2.05) is 17.2 Å². The predicted octanol–water partition coefficient (Wildman–Crippen LogP) is 1.98. The lowest BCUT2D eigenvalue weighted by molar-refractivity contribution is -0.156. The number of pyridine rings is 1. The van der Waals surface area contributed by atoms with Gasteiger partial charge in [-0.25, -0.2) is 0 Å². The molecule has 23 heavy (non-hydrogen) atoms. The van der Waals surface area contributed by atoms with Gasteiger partial charge in [0.1, 0.15) is 5.60 Å². The van der Waals surface area contributed by atoms with Crippen LogP contribution in [0.4, 0.5) is 0 Å². The van der Waals surface area contributed by atoms with Crippen molar-refractivity contribution in [3.8, 4) is 0 Å². The zero-order valence-corrected chi connectivity index (χ0v) is 13.9. The summed E-state index contributed by atoms with van der Waals surface area (Å²) in [7, 11) is 0. The van der Waals surface area contributed by atoms with E-state index in [0.717, 1.165) is 32.4 Å². The highest BCUT2D eigenvalue weighted by atomic mass is 16.3. The molecule has 1 N–H and O–H groups in total. The lowest BCUT2D eigenvalue weighted by atomic mass is 9.83. The monoisotopic (exact) mass is 317 g/mol. The minimum absolute atomic E-state index is 0.0501. The van der Waals surface area contributed by atoms with Crippen molar-refractivity contribution in [1.82, 2.24) is 14.8 Å². The van der Waals surface area contributed by atoms with Crippen LogP contribution in [0.3, 0.4) is 0 Å². The van der Waals surface area contributed by atoms with Crippen LogP contribution in [-0.2, 0) is 4.79 Å². The van der Waals surface area contributed by atoms with Gasteiger partial charge in [-0.2, -0.15) is 0 Å². The van der Waals surface area contributed by atoms with Crippen LogP contribution < -0.4 is 0 Å². The molecule has 126 valence electrons. The van der Waals surface area contributed by atoms with Gasteiger partial charge in [-0.15, -0.1) is 0 Å². The molecule has 5 nitrogen and oxygen atoms in total. The van der Waals surface area contributed by atoms with Crippen molar-refractivity contribution in [3.05, 3.63) is 30.1 Å². The van der Waals surface area contributed by atoms with Crippen molar-refractivity contribution < 1.29 is 9.90 Å². The van der Waals surface area contributed by atoms with E-state index in [9.17, 15) is 9.90 Å². The summed E-state index contributed by atoms with van der Waals surface area (Å²) < 4.78 is 0. The highest BCUT2D eigenvalue weighted by Crippen LogP contribution is 2.30. The third kappa shape index (κ3) is 3.56. The minimum Gasteiger partial charge on any atom is -0.380 e. The Morgan fingerprint density at radius 1 is 1.22 bits per heavy atom. The normalized spacial score (nSPS) is 23.5. The molecule has 1 saturated heterocycles. The Kier molecular flexibility index (Phi) is 4.97. The van der Waals surface area contributed by atoms with Gasteiger partial charge in [-0.1, -0.05) is 25.3 Å². The van der Waals surface area contributed by atoms with Gasteiger partial charge in [0.2, 0.25) is 0 Å². The van der Waals surface area contributed by atoms with Crippen molar-refractivity contribution in [2.24, 2.45) is 0 Å². The average molecular weight is 317 g/mol. The number of nitrogens with zero attached hydrogens (tertiary/aromatic N) is 3. The van der Waals surface area contributed by atoms with Crippen LogP contribution in [0.1, 0.15) is 50.6 Å². The van der Waals surface area contributed by atoms with Crippen molar-refractivity contribution >= 4 is 5.91 Å². The molecule has 3 rings (SSSR count). The Bertz CT molecular complexity index is 520. The van der Waals surface area contributed by atoms with E-state index in [1.165, 1.54) is 5.56 Å². The summed E-state index contributed by atoms with van der Waals surface area (Å²) in [6, 6.07) is 4.36. The number of carbonyl (C=O) groups is 1. The first kappa shape index (κ1) is 16.4. The maximum absolute atomic E-state index is 12.7. The number of aliphatic hydroxyl groups is 1. The van der Waals surface area contributed by atoms with Gasteiger partial charge in [0, 0.05) is 44.6 Å². The molecule has 2 heterocycles. The molecule has 1 unspecified atom stereocenters. The molecule has 0 aromatic carbocycles. The summed E-state index contributed by atoms with van der Waals surface area (Å²) in [6.07, 6.45) is 7.99. The molecule has 0 radical (unpaired) electrons. The first-order valence-corrected chi connectivity index (χ1v) is 8.76. The first-order chi connectivity index (χ1) is 11.1. The van der Waals surface area contributed by atoms with Gasteiger partial charge >= 0.3 is 0 Å². The molecule has 2 fully saturated rings. The highest BCUT2D eigenvalue weighted by molar-refractivity contribution is 5.85. The summed E-state index contributed by atoms with van der Waals surface area (Å²) >= 11 is 0. The van der Waals surface area contributed by atoms with E-state index < -0.39 is 5.60 Å². The second-order valence-electron chi connectivity index (χ2n) is 6.88. The molecule has 1 aliphatic heterocycles. The Morgan fingerprint density at radius 2 is 1.91 bits per heavy atom. The molecule has 5 heteroatoms. The molecular weight excluding hydrogens is 290 g/mol. The van der Waals surface area contributed by atoms with E-state index in [4.69, 9.17) is 0 Å². The Balaban J connectivity index is 1.57. The fraction of sp³-hybridized carbons (Fsp3) is 0.667. The molecule has 0 bridgehead atoms. The number of carbonyl (C=O) groups excluding carboxylic acids is 1. The number of aromatic nitrogens is 1. The van der Waals surface area contributed by atoms with Crippen LogP contribution in [-0.4, -0.2) is 57.6 Å². The van der Waals surface area contributed by atoms with Gasteiger partial charge in [-0.05, 0) is 31.4 Å². The van der Waals surface area contributed by atoms with E-state index in [0.29, 0.717) is 32.0 Å². The van der Waals surface area contributed by atoms with Crippen LogP contribution in [0, 0.1) is 0 Å². The van der Waals surface area contributed by atoms with Crippen LogP contribution in [0.15, 0.2) is 24.5 Å². The molecule has 1 aromatic rings. The molecule has 1 amide bonds. The summed E-state index contributed by atoms with van der Waals surface area (Å²) in [5, 5.41) is 10.6. The maximum Gasteiger partial charge on any atom is 0.254 e. The van der Waals surface area contributed by atoms with E-state index >= 15 is 0 Å². The highest BCUT2D eigenvalue weighted by Gasteiger charge is 2.40.